The van der Waals surface area contributed by atoms with E-state index in [0.29, 0.717) is 0 Å². The summed E-state index contributed by atoms with van der Waals surface area (Å²) in [5.74, 6) is -1.47. The zero-order valence-corrected chi connectivity index (χ0v) is 8.27. The van der Waals surface area contributed by atoms with Crippen LogP contribution in [0.25, 0.3) is 0 Å². The SMILES string of the molecule is CC(O)CN(C)C(=O)COCC(=O)O. The van der Waals surface area contributed by atoms with Crippen LogP contribution in [-0.4, -0.2) is 59.9 Å². The first-order chi connectivity index (χ1) is 6.43. The number of carboxylic acid groups (broad SMARTS) is 1. The van der Waals surface area contributed by atoms with Crippen LogP contribution in [0.1, 0.15) is 6.92 Å². The van der Waals surface area contributed by atoms with Gasteiger partial charge in [-0.2, -0.15) is 0 Å². The molecule has 0 saturated heterocycles. The first kappa shape index (κ1) is 12.9. The quantitative estimate of drug-likeness (QED) is 0.576. The Balaban J connectivity index is 3.67. The van der Waals surface area contributed by atoms with E-state index in [4.69, 9.17) is 10.2 Å². The number of aliphatic hydroxyl groups is 1. The van der Waals surface area contributed by atoms with Gasteiger partial charge in [0.2, 0.25) is 5.91 Å². The molecule has 0 aliphatic carbocycles. The van der Waals surface area contributed by atoms with Crippen LogP contribution in [0.2, 0.25) is 0 Å². The highest BCUT2D eigenvalue weighted by Gasteiger charge is 2.11. The predicted octanol–water partition coefficient (Wildman–Crippen LogP) is -1.07. The van der Waals surface area contributed by atoms with Crippen molar-refractivity contribution in [2.45, 2.75) is 13.0 Å². The van der Waals surface area contributed by atoms with Gasteiger partial charge in [-0.25, -0.2) is 4.79 Å². The summed E-state index contributed by atoms with van der Waals surface area (Å²) in [6.45, 7) is 0.987. The lowest BCUT2D eigenvalue weighted by atomic mass is 10.4. The van der Waals surface area contributed by atoms with Gasteiger partial charge in [-0.15, -0.1) is 0 Å². The molecule has 6 heteroatoms. The summed E-state index contributed by atoms with van der Waals surface area (Å²) >= 11 is 0. The van der Waals surface area contributed by atoms with Crippen molar-refractivity contribution < 1.29 is 24.5 Å². The minimum absolute atomic E-state index is 0.204. The van der Waals surface area contributed by atoms with Crippen molar-refractivity contribution in [3.05, 3.63) is 0 Å². The van der Waals surface area contributed by atoms with Crippen molar-refractivity contribution in [1.82, 2.24) is 4.90 Å². The number of aliphatic hydroxyl groups excluding tert-OH is 1. The average Bonchev–Trinajstić information content (AvgIpc) is 2.01. The highest BCUT2D eigenvalue weighted by atomic mass is 16.5. The minimum Gasteiger partial charge on any atom is -0.480 e. The maximum atomic E-state index is 11.2. The predicted molar refractivity (Wildman–Crippen MR) is 47.8 cm³/mol. The highest BCUT2D eigenvalue weighted by Crippen LogP contribution is 1.90. The van der Waals surface area contributed by atoms with E-state index in [1.165, 1.54) is 11.9 Å². The minimum atomic E-state index is -1.11. The summed E-state index contributed by atoms with van der Waals surface area (Å²) < 4.78 is 4.59. The van der Waals surface area contributed by atoms with Crippen molar-refractivity contribution >= 4 is 11.9 Å². The van der Waals surface area contributed by atoms with E-state index in [2.05, 4.69) is 4.74 Å². The molecule has 0 heterocycles. The van der Waals surface area contributed by atoms with Gasteiger partial charge in [0.1, 0.15) is 13.2 Å². The maximum absolute atomic E-state index is 11.2. The molecule has 0 radical (unpaired) electrons. The largest absolute Gasteiger partial charge is 0.480 e. The van der Waals surface area contributed by atoms with Crippen LogP contribution in [0, 0.1) is 0 Å². The molecule has 14 heavy (non-hydrogen) atoms. The van der Waals surface area contributed by atoms with E-state index >= 15 is 0 Å². The molecule has 0 bridgehead atoms. The normalized spacial score (nSPS) is 12.2. The molecule has 2 N–H and O–H groups in total. The van der Waals surface area contributed by atoms with Gasteiger partial charge in [0.25, 0.3) is 0 Å². The molecule has 1 amide bonds. The van der Waals surface area contributed by atoms with Gasteiger partial charge in [0.05, 0.1) is 6.10 Å². The molecule has 0 rings (SSSR count). The fourth-order valence-corrected chi connectivity index (χ4v) is 0.834. The number of rotatable bonds is 6. The second-order valence-electron chi connectivity index (χ2n) is 3.01. The van der Waals surface area contributed by atoms with Crippen LogP contribution >= 0.6 is 0 Å². The van der Waals surface area contributed by atoms with Crippen LogP contribution in [-0.2, 0) is 14.3 Å². The third-order valence-electron chi connectivity index (χ3n) is 1.41. The summed E-state index contributed by atoms with van der Waals surface area (Å²) in [4.78, 5) is 22.5. The number of aliphatic carboxylic acids is 1. The molecule has 0 aliphatic heterocycles. The second-order valence-corrected chi connectivity index (χ2v) is 3.01. The number of carbonyl (C=O) groups excluding carboxylic acids is 1. The number of carboxylic acids is 1. The van der Waals surface area contributed by atoms with Crippen molar-refractivity contribution in [1.29, 1.82) is 0 Å². The highest BCUT2D eigenvalue weighted by molar-refractivity contribution is 5.77. The zero-order valence-electron chi connectivity index (χ0n) is 8.27. The molecular formula is C8H15NO5. The summed E-state index contributed by atoms with van der Waals surface area (Å²) in [6.07, 6.45) is -0.608. The van der Waals surface area contributed by atoms with E-state index in [0.717, 1.165) is 0 Å². The Hall–Kier alpha value is -1.14. The Kier molecular flexibility index (Phi) is 5.82. The van der Waals surface area contributed by atoms with Gasteiger partial charge >= 0.3 is 5.97 Å². The fourth-order valence-electron chi connectivity index (χ4n) is 0.834. The molecule has 1 unspecified atom stereocenters. The molecule has 0 spiro atoms. The molecule has 0 fully saturated rings. The molecule has 0 saturated carbocycles. The lowest BCUT2D eigenvalue weighted by Crippen LogP contribution is -2.35. The number of likely N-dealkylation sites (N-methyl/N-ethyl adjacent to an activating group) is 1. The van der Waals surface area contributed by atoms with Crippen molar-refractivity contribution in [3.63, 3.8) is 0 Å². The Labute approximate surface area is 82.1 Å². The Morgan fingerprint density at radius 1 is 1.43 bits per heavy atom. The molecule has 0 aliphatic rings. The Bertz CT molecular complexity index is 204. The maximum Gasteiger partial charge on any atom is 0.329 e. The number of hydrogen-bond donors (Lipinski definition) is 2. The molecule has 6 nitrogen and oxygen atoms in total. The van der Waals surface area contributed by atoms with Gasteiger partial charge in [-0.3, -0.25) is 4.79 Å². The van der Waals surface area contributed by atoms with Crippen LogP contribution in [0.5, 0.6) is 0 Å². The molecule has 82 valence electrons. The number of carbonyl (C=O) groups is 2. The van der Waals surface area contributed by atoms with E-state index in [1.807, 2.05) is 0 Å². The summed E-state index contributed by atoms with van der Waals surface area (Å²) in [5.41, 5.74) is 0. The molecule has 0 aromatic carbocycles. The van der Waals surface area contributed by atoms with Gasteiger partial charge in [0, 0.05) is 13.6 Å². The second kappa shape index (κ2) is 6.33. The monoisotopic (exact) mass is 205 g/mol. The van der Waals surface area contributed by atoms with Crippen molar-refractivity contribution in [2.75, 3.05) is 26.8 Å². The molecule has 0 aromatic heterocycles. The summed E-state index contributed by atoms with van der Waals surface area (Å²) in [7, 11) is 1.51. The topological polar surface area (TPSA) is 87.1 Å². The van der Waals surface area contributed by atoms with Crippen molar-refractivity contribution in [3.8, 4) is 0 Å². The lowest BCUT2D eigenvalue weighted by molar-refractivity contribution is -0.145. The molecule has 1 atom stereocenters. The van der Waals surface area contributed by atoms with E-state index in [9.17, 15) is 9.59 Å². The lowest BCUT2D eigenvalue weighted by Gasteiger charge is -2.18. The average molecular weight is 205 g/mol. The van der Waals surface area contributed by atoms with E-state index in [-0.39, 0.29) is 19.1 Å². The number of amides is 1. The summed E-state index contributed by atoms with van der Waals surface area (Å²) in [6, 6.07) is 0. The third kappa shape index (κ3) is 6.38. The number of hydrogen-bond acceptors (Lipinski definition) is 4. The fraction of sp³-hybridized carbons (Fsp3) is 0.750. The smallest absolute Gasteiger partial charge is 0.329 e. The van der Waals surface area contributed by atoms with Gasteiger partial charge in [-0.1, -0.05) is 0 Å². The molecular weight excluding hydrogens is 190 g/mol. The van der Waals surface area contributed by atoms with Crippen LogP contribution in [0.3, 0.4) is 0 Å². The molecule has 0 aromatic rings. The number of ether oxygens (including phenoxy) is 1. The van der Waals surface area contributed by atoms with Crippen molar-refractivity contribution in [2.24, 2.45) is 0 Å². The van der Waals surface area contributed by atoms with E-state index in [1.54, 1.807) is 6.92 Å². The van der Waals surface area contributed by atoms with E-state index < -0.39 is 18.7 Å². The number of nitrogens with zero attached hydrogens (tertiary/aromatic N) is 1. The van der Waals surface area contributed by atoms with Crippen LogP contribution in [0.4, 0.5) is 0 Å². The third-order valence-corrected chi connectivity index (χ3v) is 1.41. The first-order valence-corrected chi connectivity index (χ1v) is 4.15. The Morgan fingerprint density at radius 2 is 2.00 bits per heavy atom. The summed E-state index contributed by atoms with van der Waals surface area (Å²) in [5, 5.41) is 17.2. The van der Waals surface area contributed by atoms with Crippen LogP contribution in [0.15, 0.2) is 0 Å². The zero-order chi connectivity index (χ0) is 11.1. The standard InChI is InChI=1S/C8H15NO5/c1-6(10)3-9(2)7(11)4-14-5-8(12)13/h6,10H,3-5H2,1-2H3,(H,12,13). The van der Waals surface area contributed by atoms with Crippen LogP contribution < -0.4 is 0 Å². The van der Waals surface area contributed by atoms with Gasteiger partial charge in [0.15, 0.2) is 0 Å². The van der Waals surface area contributed by atoms with Gasteiger partial charge in [-0.05, 0) is 6.92 Å². The van der Waals surface area contributed by atoms with Gasteiger partial charge < -0.3 is 19.8 Å². The Morgan fingerprint density at radius 3 is 2.43 bits per heavy atom. The first-order valence-electron chi connectivity index (χ1n) is 4.15.